The van der Waals surface area contributed by atoms with E-state index in [4.69, 9.17) is 4.74 Å². The van der Waals surface area contributed by atoms with E-state index in [1.165, 1.54) is 24.8 Å². The first-order valence-corrected chi connectivity index (χ1v) is 11.5. The minimum absolute atomic E-state index is 0.414. The van der Waals surface area contributed by atoms with Crippen molar-refractivity contribution >= 4 is 0 Å². The second kappa shape index (κ2) is 11.7. The highest BCUT2D eigenvalue weighted by Crippen LogP contribution is 2.34. The minimum atomic E-state index is 0.414. The third kappa shape index (κ3) is 5.57. The van der Waals surface area contributed by atoms with Crippen molar-refractivity contribution < 1.29 is 4.74 Å². The topological polar surface area (TPSA) is 56.8 Å². The quantitative estimate of drug-likeness (QED) is 0.315. The number of nitriles is 2. The van der Waals surface area contributed by atoms with Gasteiger partial charge in [-0.15, -0.1) is 0 Å². The highest BCUT2D eigenvalue weighted by Gasteiger charge is 2.16. The van der Waals surface area contributed by atoms with Gasteiger partial charge in [0, 0.05) is 11.1 Å². The predicted octanol–water partition coefficient (Wildman–Crippen LogP) is 7.68. The van der Waals surface area contributed by atoms with Crippen LogP contribution in [0.25, 0.3) is 22.3 Å². The molecular formula is C29H30N2O. The molecule has 0 aromatic heterocycles. The summed E-state index contributed by atoms with van der Waals surface area (Å²) in [5.74, 6) is 0.817. The Labute approximate surface area is 191 Å². The molecule has 3 nitrogen and oxygen atoms in total. The summed E-state index contributed by atoms with van der Waals surface area (Å²) in [7, 11) is 0. The monoisotopic (exact) mass is 422 g/mol. The van der Waals surface area contributed by atoms with Crippen molar-refractivity contribution in [3.63, 3.8) is 0 Å². The van der Waals surface area contributed by atoms with Crippen LogP contribution in [0.5, 0.6) is 5.75 Å². The Balaban J connectivity index is 1.89. The second-order valence-electron chi connectivity index (χ2n) is 8.01. The SMILES string of the molecule is CCCCCc1ccc(-c2ccc(-c3ccc(OCCCC)cc3)c(C#N)c2C#N)cc1. The van der Waals surface area contributed by atoms with E-state index in [0.717, 1.165) is 47.3 Å². The zero-order valence-corrected chi connectivity index (χ0v) is 19.0. The van der Waals surface area contributed by atoms with Crippen molar-refractivity contribution in [3.8, 4) is 40.1 Å². The van der Waals surface area contributed by atoms with E-state index >= 15 is 0 Å². The Morgan fingerprint density at radius 3 is 1.69 bits per heavy atom. The molecule has 0 saturated heterocycles. The van der Waals surface area contributed by atoms with Crippen LogP contribution in [0.1, 0.15) is 62.6 Å². The molecule has 3 rings (SSSR count). The number of benzene rings is 3. The molecule has 0 atom stereocenters. The summed E-state index contributed by atoms with van der Waals surface area (Å²) in [6.07, 6.45) is 6.82. The summed E-state index contributed by atoms with van der Waals surface area (Å²) in [6, 6.07) is 24.5. The molecule has 3 aromatic carbocycles. The average Bonchev–Trinajstić information content (AvgIpc) is 2.84. The number of nitrogens with zero attached hydrogens (tertiary/aromatic N) is 2. The lowest BCUT2D eigenvalue weighted by molar-refractivity contribution is 0.309. The Morgan fingerprint density at radius 2 is 1.19 bits per heavy atom. The highest BCUT2D eigenvalue weighted by molar-refractivity contribution is 5.82. The maximum atomic E-state index is 9.90. The van der Waals surface area contributed by atoms with Gasteiger partial charge >= 0.3 is 0 Å². The fraction of sp³-hybridized carbons (Fsp3) is 0.310. The first-order chi connectivity index (χ1) is 15.7. The Hall–Kier alpha value is -3.56. The Bertz CT molecular complexity index is 1010. The van der Waals surface area contributed by atoms with Crippen LogP contribution in [-0.4, -0.2) is 6.61 Å². The molecule has 3 heteroatoms. The third-order valence-electron chi connectivity index (χ3n) is 5.69. The molecule has 0 aliphatic rings. The van der Waals surface area contributed by atoms with E-state index < -0.39 is 0 Å². The van der Waals surface area contributed by atoms with Gasteiger partial charge in [0.15, 0.2) is 0 Å². The second-order valence-corrected chi connectivity index (χ2v) is 8.01. The van der Waals surface area contributed by atoms with E-state index in [9.17, 15) is 10.5 Å². The van der Waals surface area contributed by atoms with Gasteiger partial charge in [0.2, 0.25) is 0 Å². The molecule has 0 saturated carbocycles. The number of ether oxygens (including phenoxy) is 1. The lowest BCUT2D eigenvalue weighted by Crippen LogP contribution is -1.97. The van der Waals surface area contributed by atoms with E-state index in [1.54, 1.807) is 0 Å². The summed E-state index contributed by atoms with van der Waals surface area (Å²) in [5, 5.41) is 19.8. The van der Waals surface area contributed by atoms with E-state index in [2.05, 4.69) is 50.3 Å². The minimum Gasteiger partial charge on any atom is -0.494 e. The molecule has 0 aliphatic carbocycles. The van der Waals surface area contributed by atoms with Gasteiger partial charge in [-0.2, -0.15) is 10.5 Å². The standard InChI is InChI=1S/C29H30N2O/c1-3-5-7-8-22-9-11-23(12-10-22)26-17-18-27(29(21-31)28(26)20-30)24-13-15-25(16-14-24)32-19-6-4-2/h9-18H,3-8,19H2,1-2H3. The molecule has 0 amide bonds. The van der Waals surface area contributed by atoms with Crippen molar-refractivity contribution in [1.29, 1.82) is 10.5 Å². The van der Waals surface area contributed by atoms with Crippen LogP contribution in [-0.2, 0) is 6.42 Å². The van der Waals surface area contributed by atoms with Crippen LogP contribution in [0.4, 0.5) is 0 Å². The van der Waals surface area contributed by atoms with Crippen LogP contribution in [0.15, 0.2) is 60.7 Å². The van der Waals surface area contributed by atoms with Gasteiger partial charge in [0.25, 0.3) is 0 Å². The molecule has 32 heavy (non-hydrogen) atoms. The van der Waals surface area contributed by atoms with Crippen LogP contribution in [0.2, 0.25) is 0 Å². The molecule has 3 aromatic rings. The van der Waals surface area contributed by atoms with Crippen LogP contribution in [0.3, 0.4) is 0 Å². The summed E-state index contributed by atoms with van der Waals surface area (Å²) in [5.41, 5.74) is 5.57. The van der Waals surface area contributed by atoms with Gasteiger partial charge in [-0.3, -0.25) is 0 Å². The molecule has 0 unspecified atom stereocenters. The predicted molar refractivity (Wildman–Crippen MR) is 130 cm³/mol. The molecule has 0 radical (unpaired) electrons. The van der Waals surface area contributed by atoms with Gasteiger partial charge in [0.05, 0.1) is 17.7 Å². The smallest absolute Gasteiger partial charge is 0.119 e. The van der Waals surface area contributed by atoms with E-state index in [-0.39, 0.29) is 0 Å². The zero-order chi connectivity index (χ0) is 22.8. The van der Waals surface area contributed by atoms with Gasteiger partial charge in [-0.05, 0) is 48.1 Å². The van der Waals surface area contributed by atoms with E-state index in [0.29, 0.717) is 17.7 Å². The van der Waals surface area contributed by atoms with Crippen LogP contribution in [0, 0.1) is 22.7 Å². The number of rotatable bonds is 10. The number of hydrogen-bond donors (Lipinski definition) is 0. The molecule has 0 fully saturated rings. The fourth-order valence-electron chi connectivity index (χ4n) is 3.81. The van der Waals surface area contributed by atoms with Crippen LogP contribution < -0.4 is 4.74 Å². The lowest BCUT2D eigenvalue weighted by atomic mass is 9.90. The zero-order valence-electron chi connectivity index (χ0n) is 19.0. The van der Waals surface area contributed by atoms with E-state index in [1.807, 2.05) is 36.4 Å². The molecule has 0 N–H and O–H groups in total. The highest BCUT2D eigenvalue weighted by atomic mass is 16.5. The molecule has 0 spiro atoms. The third-order valence-corrected chi connectivity index (χ3v) is 5.69. The molecule has 0 heterocycles. The Kier molecular flexibility index (Phi) is 8.47. The summed E-state index contributed by atoms with van der Waals surface area (Å²) < 4.78 is 5.74. The van der Waals surface area contributed by atoms with Crippen molar-refractivity contribution in [2.24, 2.45) is 0 Å². The first-order valence-electron chi connectivity index (χ1n) is 11.5. The Morgan fingerprint density at radius 1 is 0.656 bits per heavy atom. The average molecular weight is 423 g/mol. The van der Waals surface area contributed by atoms with Gasteiger partial charge < -0.3 is 4.74 Å². The number of unbranched alkanes of at least 4 members (excludes halogenated alkanes) is 3. The summed E-state index contributed by atoms with van der Waals surface area (Å²) in [4.78, 5) is 0. The maximum Gasteiger partial charge on any atom is 0.119 e. The van der Waals surface area contributed by atoms with Crippen molar-refractivity contribution in [1.82, 2.24) is 0 Å². The molecule has 162 valence electrons. The molecular weight excluding hydrogens is 392 g/mol. The van der Waals surface area contributed by atoms with Gasteiger partial charge in [0.1, 0.15) is 17.9 Å². The van der Waals surface area contributed by atoms with Crippen molar-refractivity contribution in [2.45, 2.75) is 52.4 Å². The normalized spacial score (nSPS) is 10.4. The summed E-state index contributed by atoms with van der Waals surface area (Å²) in [6.45, 7) is 5.04. The first kappa shape index (κ1) is 23.1. The fourth-order valence-corrected chi connectivity index (χ4v) is 3.81. The van der Waals surface area contributed by atoms with Crippen molar-refractivity contribution in [3.05, 3.63) is 77.4 Å². The molecule has 0 bridgehead atoms. The number of hydrogen-bond acceptors (Lipinski definition) is 3. The molecule has 0 aliphatic heterocycles. The largest absolute Gasteiger partial charge is 0.494 e. The lowest BCUT2D eigenvalue weighted by Gasteiger charge is -2.12. The van der Waals surface area contributed by atoms with Crippen molar-refractivity contribution in [2.75, 3.05) is 6.61 Å². The summed E-state index contributed by atoms with van der Waals surface area (Å²) >= 11 is 0. The number of aryl methyl sites for hydroxylation is 1. The maximum absolute atomic E-state index is 9.90. The van der Waals surface area contributed by atoms with Gasteiger partial charge in [-0.1, -0.05) is 81.6 Å². The van der Waals surface area contributed by atoms with Gasteiger partial charge in [-0.25, -0.2) is 0 Å². The van der Waals surface area contributed by atoms with Crippen LogP contribution >= 0.6 is 0 Å².